The first-order valence-electron chi connectivity index (χ1n) is 8.63. The van der Waals surface area contributed by atoms with Gasteiger partial charge in [0.25, 0.3) is 5.91 Å². The lowest BCUT2D eigenvalue weighted by atomic mass is 10.1. The van der Waals surface area contributed by atoms with Crippen LogP contribution in [0.5, 0.6) is 11.5 Å². The van der Waals surface area contributed by atoms with E-state index in [0.29, 0.717) is 17.1 Å². The number of rotatable bonds is 7. The summed E-state index contributed by atoms with van der Waals surface area (Å²) in [6, 6.07) is 18.5. The van der Waals surface area contributed by atoms with Crippen LogP contribution in [-0.4, -0.2) is 25.8 Å². The van der Waals surface area contributed by atoms with Gasteiger partial charge < -0.3 is 19.3 Å². The molecule has 28 heavy (non-hydrogen) atoms. The Kier molecular flexibility index (Phi) is 6.25. The van der Waals surface area contributed by atoms with Crippen LogP contribution in [0.2, 0.25) is 0 Å². The van der Waals surface area contributed by atoms with E-state index in [4.69, 9.17) is 14.0 Å². The van der Waals surface area contributed by atoms with Crippen molar-refractivity contribution in [3.63, 3.8) is 0 Å². The van der Waals surface area contributed by atoms with Crippen molar-refractivity contribution in [1.29, 1.82) is 0 Å². The zero-order valence-electron chi connectivity index (χ0n) is 15.6. The van der Waals surface area contributed by atoms with Crippen molar-refractivity contribution < 1.29 is 18.8 Å². The molecule has 1 aromatic heterocycles. The van der Waals surface area contributed by atoms with Crippen molar-refractivity contribution in [1.82, 2.24) is 5.32 Å². The SMILES string of the molecule is CNC(=O)/C(=N\OC)c1ccccc1Oc1cccc(/C=C/c2ccco2)c1. The van der Waals surface area contributed by atoms with Gasteiger partial charge in [-0.3, -0.25) is 4.79 Å². The molecule has 3 aromatic rings. The van der Waals surface area contributed by atoms with E-state index in [2.05, 4.69) is 10.5 Å². The predicted molar refractivity (Wildman–Crippen MR) is 108 cm³/mol. The molecule has 0 aliphatic heterocycles. The Labute approximate surface area is 163 Å². The van der Waals surface area contributed by atoms with E-state index in [1.807, 2.05) is 54.6 Å². The Morgan fingerprint density at radius 3 is 2.68 bits per heavy atom. The van der Waals surface area contributed by atoms with Gasteiger partial charge in [-0.1, -0.05) is 35.5 Å². The van der Waals surface area contributed by atoms with E-state index in [1.54, 1.807) is 24.5 Å². The first kappa shape index (κ1) is 19.0. The molecule has 2 aromatic carbocycles. The second-order valence-electron chi connectivity index (χ2n) is 5.72. The number of nitrogens with zero attached hydrogens (tertiary/aromatic N) is 1. The topological polar surface area (TPSA) is 73.1 Å². The summed E-state index contributed by atoms with van der Waals surface area (Å²) in [5.41, 5.74) is 1.61. The first-order valence-corrected chi connectivity index (χ1v) is 8.63. The van der Waals surface area contributed by atoms with Crippen molar-refractivity contribution in [3.8, 4) is 11.5 Å². The van der Waals surface area contributed by atoms with Crippen LogP contribution in [0.25, 0.3) is 12.2 Å². The Balaban J connectivity index is 1.87. The minimum Gasteiger partial charge on any atom is -0.465 e. The molecule has 0 saturated carbocycles. The van der Waals surface area contributed by atoms with E-state index in [9.17, 15) is 4.79 Å². The summed E-state index contributed by atoms with van der Waals surface area (Å²) < 4.78 is 11.3. The van der Waals surface area contributed by atoms with E-state index in [1.165, 1.54) is 14.2 Å². The van der Waals surface area contributed by atoms with Gasteiger partial charge in [0.1, 0.15) is 24.4 Å². The molecule has 1 heterocycles. The monoisotopic (exact) mass is 376 g/mol. The Bertz CT molecular complexity index is 991. The van der Waals surface area contributed by atoms with E-state index in [0.717, 1.165) is 11.3 Å². The highest BCUT2D eigenvalue weighted by Crippen LogP contribution is 2.27. The number of benzene rings is 2. The van der Waals surface area contributed by atoms with E-state index in [-0.39, 0.29) is 11.6 Å². The third-order valence-electron chi connectivity index (χ3n) is 3.84. The van der Waals surface area contributed by atoms with Gasteiger partial charge in [-0.25, -0.2) is 0 Å². The zero-order valence-corrected chi connectivity index (χ0v) is 15.6. The Hall–Kier alpha value is -3.80. The summed E-state index contributed by atoms with van der Waals surface area (Å²) in [7, 11) is 2.92. The highest BCUT2D eigenvalue weighted by atomic mass is 16.6. The molecule has 0 bridgehead atoms. The second-order valence-corrected chi connectivity index (χ2v) is 5.72. The Morgan fingerprint density at radius 1 is 1.07 bits per heavy atom. The maximum Gasteiger partial charge on any atom is 0.273 e. The second kappa shape index (κ2) is 9.23. The van der Waals surface area contributed by atoms with E-state index >= 15 is 0 Å². The van der Waals surface area contributed by atoms with Crippen LogP contribution in [0.4, 0.5) is 0 Å². The molecule has 0 aliphatic carbocycles. The van der Waals surface area contributed by atoms with Crippen molar-refractivity contribution in [3.05, 3.63) is 83.8 Å². The summed E-state index contributed by atoms with van der Waals surface area (Å²) >= 11 is 0. The predicted octanol–water partition coefficient (Wildman–Crippen LogP) is 4.34. The maximum atomic E-state index is 12.2. The molecule has 6 heteroatoms. The molecule has 0 unspecified atom stereocenters. The van der Waals surface area contributed by atoms with Crippen molar-refractivity contribution in [2.24, 2.45) is 5.16 Å². The molecule has 0 fully saturated rings. The molecule has 1 amide bonds. The quantitative estimate of drug-likeness (QED) is 0.492. The summed E-state index contributed by atoms with van der Waals surface area (Å²) in [4.78, 5) is 17.0. The lowest BCUT2D eigenvalue weighted by molar-refractivity contribution is -0.114. The van der Waals surface area contributed by atoms with Gasteiger partial charge >= 0.3 is 0 Å². The van der Waals surface area contributed by atoms with Crippen LogP contribution < -0.4 is 10.1 Å². The van der Waals surface area contributed by atoms with Crippen LogP contribution in [-0.2, 0) is 9.63 Å². The molecule has 6 nitrogen and oxygen atoms in total. The molecule has 0 atom stereocenters. The lowest BCUT2D eigenvalue weighted by Crippen LogP contribution is -2.28. The average Bonchev–Trinajstić information content (AvgIpc) is 3.25. The van der Waals surface area contributed by atoms with Gasteiger partial charge in [0.05, 0.1) is 11.8 Å². The number of carbonyl (C=O) groups excluding carboxylic acids is 1. The van der Waals surface area contributed by atoms with E-state index < -0.39 is 0 Å². The zero-order chi connectivity index (χ0) is 19.8. The number of ether oxygens (including phenoxy) is 1. The maximum absolute atomic E-state index is 12.2. The normalized spacial score (nSPS) is 11.4. The summed E-state index contributed by atoms with van der Waals surface area (Å²) in [5.74, 6) is 1.52. The largest absolute Gasteiger partial charge is 0.465 e. The van der Waals surface area contributed by atoms with Crippen molar-refractivity contribution >= 4 is 23.8 Å². The molecule has 3 rings (SSSR count). The summed E-state index contributed by atoms with van der Waals surface area (Å²) in [5, 5.41) is 6.40. The average molecular weight is 376 g/mol. The van der Waals surface area contributed by atoms with Crippen molar-refractivity contribution in [2.45, 2.75) is 0 Å². The number of oxime groups is 1. The number of furan rings is 1. The standard InChI is InChI=1S/C22H20N2O4/c1-23-22(25)21(24-26-2)19-10-3-4-11-20(19)28-18-8-5-7-16(15-18)12-13-17-9-6-14-27-17/h3-15H,1-2H3,(H,23,25)/b13-12+,24-21-. The fourth-order valence-corrected chi connectivity index (χ4v) is 2.55. The number of likely N-dealkylation sites (N-methyl/N-ethyl adjacent to an activating group) is 1. The summed E-state index contributed by atoms with van der Waals surface area (Å²) in [6.07, 6.45) is 5.43. The van der Waals surface area contributed by atoms with Gasteiger partial charge in [0, 0.05) is 7.05 Å². The number of amides is 1. The summed E-state index contributed by atoms with van der Waals surface area (Å²) in [6.45, 7) is 0. The highest BCUT2D eigenvalue weighted by Gasteiger charge is 2.18. The molecular weight excluding hydrogens is 356 g/mol. The fraction of sp³-hybridized carbons (Fsp3) is 0.0909. The van der Waals surface area contributed by atoms with Crippen LogP contribution in [0, 0.1) is 0 Å². The fourth-order valence-electron chi connectivity index (χ4n) is 2.55. The van der Waals surface area contributed by atoms with Gasteiger partial charge in [0.15, 0.2) is 5.71 Å². The van der Waals surface area contributed by atoms with Gasteiger partial charge in [-0.05, 0) is 48.0 Å². The minimum atomic E-state index is -0.368. The number of carbonyl (C=O) groups is 1. The molecule has 0 radical (unpaired) electrons. The number of hydrogen-bond donors (Lipinski definition) is 1. The first-order chi connectivity index (χ1) is 13.7. The third kappa shape index (κ3) is 4.67. The van der Waals surface area contributed by atoms with Crippen molar-refractivity contribution in [2.75, 3.05) is 14.2 Å². The molecular formula is C22H20N2O4. The highest BCUT2D eigenvalue weighted by molar-refractivity contribution is 6.45. The number of para-hydroxylation sites is 1. The molecule has 0 saturated heterocycles. The Morgan fingerprint density at radius 2 is 1.93 bits per heavy atom. The smallest absolute Gasteiger partial charge is 0.273 e. The molecule has 142 valence electrons. The van der Waals surface area contributed by atoms with Crippen LogP contribution in [0.15, 0.2) is 76.5 Å². The molecule has 0 aliphatic rings. The third-order valence-corrected chi connectivity index (χ3v) is 3.84. The van der Waals surface area contributed by atoms with Gasteiger partial charge in [0.2, 0.25) is 0 Å². The van der Waals surface area contributed by atoms with Gasteiger partial charge in [-0.15, -0.1) is 0 Å². The van der Waals surface area contributed by atoms with Gasteiger partial charge in [-0.2, -0.15) is 0 Å². The minimum absolute atomic E-state index is 0.134. The number of hydrogen-bond acceptors (Lipinski definition) is 5. The molecule has 1 N–H and O–H groups in total. The molecule has 0 spiro atoms. The van der Waals surface area contributed by atoms with Crippen LogP contribution >= 0.6 is 0 Å². The number of nitrogens with one attached hydrogen (secondary N) is 1. The van der Waals surface area contributed by atoms with Crippen LogP contribution in [0.1, 0.15) is 16.9 Å². The lowest BCUT2D eigenvalue weighted by Gasteiger charge is -2.12. The van der Waals surface area contributed by atoms with Crippen LogP contribution in [0.3, 0.4) is 0 Å².